The second kappa shape index (κ2) is 6.64. The second-order valence-corrected chi connectivity index (χ2v) is 5.07. The predicted octanol–water partition coefficient (Wildman–Crippen LogP) is 2.21. The summed E-state index contributed by atoms with van der Waals surface area (Å²) in [6.45, 7) is 12.7. The summed E-state index contributed by atoms with van der Waals surface area (Å²) in [7, 11) is 2.14. The second-order valence-electron chi connectivity index (χ2n) is 5.07. The molecule has 0 amide bonds. The molecular weight excluding hydrogens is 212 g/mol. The zero-order valence-corrected chi connectivity index (χ0v) is 11.8. The van der Waals surface area contributed by atoms with Crippen molar-refractivity contribution in [3.05, 3.63) is 11.9 Å². The van der Waals surface area contributed by atoms with Crippen LogP contribution in [-0.4, -0.2) is 41.1 Å². The summed E-state index contributed by atoms with van der Waals surface area (Å²) in [6, 6.07) is 0. The van der Waals surface area contributed by atoms with Crippen molar-refractivity contribution in [2.45, 2.75) is 34.2 Å². The van der Waals surface area contributed by atoms with E-state index in [1.807, 2.05) is 6.92 Å². The van der Waals surface area contributed by atoms with Crippen LogP contribution in [-0.2, 0) is 6.54 Å². The number of likely N-dealkylation sites (N-methyl/N-ethyl adjacent to an activating group) is 1. The number of aryl methyl sites for hydroxylation is 1. The quantitative estimate of drug-likeness (QED) is 0.790. The summed E-state index contributed by atoms with van der Waals surface area (Å²) in [5.74, 6) is 1.64. The maximum atomic E-state index is 4.52. The van der Waals surface area contributed by atoms with Gasteiger partial charge in [0, 0.05) is 25.8 Å². The molecule has 0 aromatic carbocycles. The highest BCUT2D eigenvalue weighted by Gasteiger charge is 2.06. The van der Waals surface area contributed by atoms with Crippen LogP contribution in [0.4, 0.5) is 5.95 Å². The maximum absolute atomic E-state index is 4.52. The van der Waals surface area contributed by atoms with Gasteiger partial charge < -0.3 is 14.8 Å². The van der Waals surface area contributed by atoms with Crippen molar-refractivity contribution >= 4 is 5.95 Å². The molecule has 0 spiro atoms. The smallest absolute Gasteiger partial charge is 0.203 e. The van der Waals surface area contributed by atoms with Gasteiger partial charge >= 0.3 is 0 Å². The lowest BCUT2D eigenvalue weighted by Gasteiger charge is -2.16. The van der Waals surface area contributed by atoms with Crippen LogP contribution >= 0.6 is 0 Å². The Morgan fingerprint density at radius 3 is 2.76 bits per heavy atom. The van der Waals surface area contributed by atoms with Gasteiger partial charge in [0.25, 0.3) is 0 Å². The third-order valence-electron chi connectivity index (χ3n) is 2.83. The fraction of sp³-hybridized carbons (Fsp3) is 0.769. The van der Waals surface area contributed by atoms with Gasteiger partial charge in [-0.05, 0) is 26.4 Å². The standard InChI is InChI=1S/C13H26N4/c1-6-16(5)7-8-17-10-12(4)15-13(17)14-9-11(2)3/h10-11H,6-9H2,1-5H3,(H,14,15). The van der Waals surface area contributed by atoms with Gasteiger partial charge in [-0.3, -0.25) is 0 Å². The molecule has 0 radical (unpaired) electrons. The van der Waals surface area contributed by atoms with E-state index in [2.05, 4.69) is 53.8 Å². The molecule has 0 fully saturated rings. The summed E-state index contributed by atoms with van der Waals surface area (Å²) in [6.07, 6.45) is 2.12. The zero-order valence-electron chi connectivity index (χ0n) is 11.8. The highest BCUT2D eigenvalue weighted by Crippen LogP contribution is 2.09. The first kappa shape index (κ1) is 14.0. The Kier molecular flexibility index (Phi) is 5.48. The Hall–Kier alpha value is -1.03. The van der Waals surface area contributed by atoms with Crippen LogP contribution in [0.5, 0.6) is 0 Å². The van der Waals surface area contributed by atoms with Crippen LogP contribution in [0.3, 0.4) is 0 Å². The molecule has 0 unspecified atom stereocenters. The van der Waals surface area contributed by atoms with Crippen LogP contribution in [0.25, 0.3) is 0 Å². The Labute approximate surface area is 105 Å². The van der Waals surface area contributed by atoms with Gasteiger partial charge in [-0.2, -0.15) is 0 Å². The van der Waals surface area contributed by atoms with Crippen LogP contribution in [0.2, 0.25) is 0 Å². The molecule has 0 atom stereocenters. The molecule has 4 nitrogen and oxygen atoms in total. The number of hydrogen-bond acceptors (Lipinski definition) is 3. The van der Waals surface area contributed by atoms with Crippen molar-refractivity contribution < 1.29 is 0 Å². The van der Waals surface area contributed by atoms with E-state index < -0.39 is 0 Å². The lowest BCUT2D eigenvalue weighted by molar-refractivity contribution is 0.336. The molecule has 98 valence electrons. The van der Waals surface area contributed by atoms with E-state index in [1.165, 1.54) is 0 Å². The molecule has 17 heavy (non-hydrogen) atoms. The number of aromatic nitrogens is 2. The molecule has 1 aromatic heterocycles. The Bertz CT molecular complexity index is 330. The molecule has 0 saturated carbocycles. The molecule has 1 rings (SSSR count). The molecule has 0 aliphatic carbocycles. The maximum Gasteiger partial charge on any atom is 0.203 e. The van der Waals surface area contributed by atoms with E-state index in [-0.39, 0.29) is 0 Å². The van der Waals surface area contributed by atoms with Gasteiger partial charge in [-0.25, -0.2) is 4.98 Å². The van der Waals surface area contributed by atoms with E-state index in [0.717, 1.165) is 37.8 Å². The number of hydrogen-bond donors (Lipinski definition) is 1. The summed E-state index contributed by atoms with van der Waals surface area (Å²) in [5, 5.41) is 3.41. The molecule has 0 aliphatic rings. The number of nitrogens with zero attached hydrogens (tertiary/aromatic N) is 3. The van der Waals surface area contributed by atoms with Gasteiger partial charge in [-0.15, -0.1) is 0 Å². The molecule has 0 bridgehead atoms. The van der Waals surface area contributed by atoms with E-state index in [9.17, 15) is 0 Å². The minimum atomic E-state index is 0.638. The van der Waals surface area contributed by atoms with Crippen molar-refractivity contribution in [2.75, 3.05) is 32.0 Å². The molecule has 1 N–H and O–H groups in total. The lowest BCUT2D eigenvalue weighted by atomic mass is 10.2. The van der Waals surface area contributed by atoms with Crippen molar-refractivity contribution in [1.29, 1.82) is 0 Å². The summed E-state index contributed by atoms with van der Waals surface area (Å²) >= 11 is 0. The fourth-order valence-electron chi connectivity index (χ4n) is 1.59. The Morgan fingerprint density at radius 1 is 1.47 bits per heavy atom. The molecule has 0 saturated heterocycles. The normalized spacial score (nSPS) is 11.5. The van der Waals surface area contributed by atoms with Crippen LogP contribution < -0.4 is 5.32 Å². The van der Waals surface area contributed by atoms with Crippen LogP contribution in [0.1, 0.15) is 26.5 Å². The number of imidazole rings is 1. The molecule has 1 aromatic rings. The average molecular weight is 238 g/mol. The van der Waals surface area contributed by atoms with Crippen LogP contribution in [0.15, 0.2) is 6.20 Å². The van der Waals surface area contributed by atoms with Gasteiger partial charge in [0.2, 0.25) is 5.95 Å². The molecule has 1 heterocycles. The average Bonchev–Trinajstić information content (AvgIpc) is 2.63. The molecule has 4 heteroatoms. The fourth-order valence-corrected chi connectivity index (χ4v) is 1.59. The summed E-state index contributed by atoms with van der Waals surface area (Å²) in [5.41, 5.74) is 1.08. The highest BCUT2D eigenvalue weighted by molar-refractivity contribution is 5.28. The Morgan fingerprint density at radius 2 is 2.18 bits per heavy atom. The number of nitrogens with one attached hydrogen (secondary N) is 1. The topological polar surface area (TPSA) is 33.1 Å². The van der Waals surface area contributed by atoms with Gasteiger partial charge in [0.15, 0.2) is 0 Å². The van der Waals surface area contributed by atoms with Crippen molar-refractivity contribution in [2.24, 2.45) is 5.92 Å². The van der Waals surface area contributed by atoms with E-state index in [0.29, 0.717) is 5.92 Å². The van der Waals surface area contributed by atoms with E-state index in [1.54, 1.807) is 0 Å². The summed E-state index contributed by atoms with van der Waals surface area (Å²) < 4.78 is 2.21. The monoisotopic (exact) mass is 238 g/mol. The highest BCUT2D eigenvalue weighted by atomic mass is 15.2. The SMILES string of the molecule is CCN(C)CCn1cc(C)nc1NCC(C)C. The van der Waals surface area contributed by atoms with Gasteiger partial charge in [0.05, 0.1) is 5.69 Å². The van der Waals surface area contributed by atoms with Crippen molar-refractivity contribution in [3.63, 3.8) is 0 Å². The minimum absolute atomic E-state index is 0.638. The van der Waals surface area contributed by atoms with Crippen LogP contribution in [0, 0.1) is 12.8 Å². The van der Waals surface area contributed by atoms with Crippen molar-refractivity contribution in [3.8, 4) is 0 Å². The van der Waals surface area contributed by atoms with Gasteiger partial charge in [0.1, 0.15) is 0 Å². The molecule has 0 aliphatic heterocycles. The van der Waals surface area contributed by atoms with Gasteiger partial charge in [-0.1, -0.05) is 20.8 Å². The minimum Gasteiger partial charge on any atom is -0.355 e. The first-order valence-electron chi connectivity index (χ1n) is 6.49. The molecular formula is C13H26N4. The van der Waals surface area contributed by atoms with E-state index in [4.69, 9.17) is 0 Å². The first-order valence-corrected chi connectivity index (χ1v) is 6.49. The first-order chi connectivity index (χ1) is 8.02. The number of rotatable bonds is 7. The van der Waals surface area contributed by atoms with E-state index >= 15 is 0 Å². The summed E-state index contributed by atoms with van der Waals surface area (Å²) in [4.78, 5) is 6.83. The largest absolute Gasteiger partial charge is 0.355 e. The third kappa shape index (κ3) is 4.77. The van der Waals surface area contributed by atoms with Crippen molar-refractivity contribution in [1.82, 2.24) is 14.5 Å². The lowest BCUT2D eigenvalue weighted by Crippen LogP contribution is -2.23. The third-order valence-corrected chi connectivity index (χ3v) is 2.83. The predicted molar refractivity (Wildman–Crippen MR) is 73.5 cm³/mol. The number of anilines is 1. The Balaban J connectivity index is 2.57. The zero-order chi connectivity index (χ0) is 12.8.